The number of hydrogen-bond acceptors (Lipinski definition) is 6. The topological polar surface area (TPSA) is 96.4 Å². The number of nitrogens with one attached hydrogen (secondary N) is 2. The zero-order valence-corrected chi connectivity index (χ0v) is 15.3. The van der Waals surface area contributed by atoms with E-state index in [1.54, 1.807) is 6.20 Å². The highest BCUT2D eigenvalue weighted by molar-refractivity contribution is 5.66. The standard InChI is InChI=1S/C20H26N4O3/c25-19(26)9-8-16(13-15-5-2-1-3-6-15)23-20-21-11-10-18(24-20)22-17-7-4-12-27-14-17/h1-3,5-6,10-11,16-17H,4,7-9,12-14H2,(H,25,26)(H2,21,22,23,24). The number of hydrogen-bond donors (Lipinski definition) is 3. The zero-order valence-electron chi connectivity index (χ0n) is 15.3. The van der Waals surface area contributed by atoms with Crippen LogP contribution in [0.3, 0.4) is 0 Å². The SMILES string of the molecule is O=C(O)CCC(Cc1ccccc1)Nc1nccc(NC2CCCOC2)n1. The van der Waals surface area contributed by atoms with E-state index in [1.165, 1.54) is 0 Å². The maximum absolute atomic E-state index is 11.0. The van der Waals surface area contributed by atoms with Crippen LogP contribution >= 0.6 is 0 Å². The number of anilines is 2. The Kier molecular flexibility index (Phi) is 6.98. The second kappa shape index (κ2) is 9.87. The number of aliphatic carboxylic acids is 1. The first kappa shape index (κ1) is 19.1. The summed E-state index contributed by atoms with van der Waals surface area (Å²) in [6, 6.07) is 12.0. The van der Waals surface area contributed by atoms with Crippen molar-refractivity contribution >= 4 is 17.7 Å². The number of ether oxygens (including phenoxy) is 1. The number of rotatable bonds is 9. The first-order valence-electron chi connectivity index (χ1n) is 9.38. The maximum atomic E-state index is 11.0. The highest BCUT2D eigenvalue weighted by Gasteiger charge is 2.16. The van der Waals surface area contributed by atoms with E-state index in [4.69, 9.17) is 9.84 Å². The van der Waals surface area contributed by atoms with Gasteiger partial charge in [-0.15, -0.1) is 0 Å². The van der Waals surface area contributed by atoms with Crippen molar-refractivity contribution in [2.45, 2.75) is 44.2 Å². The molecule has 2 atom stereocenters. The van der Waals surface area contributed by atoms with E-state index in [1.807, 2.05) is 36.4 Å². The first-order chi connectivity index (χ1) is 13.2. The number of aromatic nitrogens is 2. The molecule has 1 saturated heterocycles. The number of carboxylic acid groups (broad SMARTS) is 1. The quantitative estimate of drug-likeness (QED) is 0.624. The van der Waals surface area contributed by atoms with Crippen LogP contribution in [0.25, 0.3) is 0 Å². The molecule has 1 aliphatic rings. The lowest BCUT2D eigenvalue weighted by atomic mass is 10.0. The van der Waals surface area contributed by atoms with E-state index >= 15 is 0 Å². The van der Waals surface area contributed by atoms with Gasteiger partial charge in [0, 0.05) is 25.3 Å². The Balaban J connectivity index is 1.64. The number of benzene rings is 1. The molecule has 1 fully saturated rings. The van der Waals surface area contributed by atoms with Crippen LogP contribution < -0.4 is 10.6 Å². The third-order valence-corrected chi connectivity index (χ3v) is 4.53. The molecule has 2 aromatic rings. The monoisotopic (exact) mass is 370 g/mol. The van der Waals surface area contributed by atoms with Crippen LogP contribution in [0.15, 0.2) is 42.6 Å². The molecule has 3 N–H and O–H groups in total. The molecule has 1 aromatic heterocycles. The molecule has 0 amide bonds. The molecule has 1 aliphatic heterocycles. The van der Waals surface area contributed by atoms with Crippen LogP contribution in [-0.4, -0.2) is 46.3 Å². The van der Waals surface area contributed by atoms with Gasteiger partial charge in [0.05, 0.1) is 12.6 Å². The van der Waals surface area contributed by atoms with Crippen molar-refractivity contribution < 1.29 is 14.6 Å². The summed E-state index contributed by atoms with van der Waals surface area (Å²) < 4.78 is 5.49. The molecule has 0 bridgehead atoms. The number of nitrogens with zero attached hydrogens (tertiary/aromatic N) is 2. The molecule has 0 radical (unpaired) electrons. The van der Waals surface area contributed by atoms with Crippen LogP contribution in [0, 0.1) is 0 Å². The fourth-order valence-electron chi connectivity index (χ4n) is 3.18. The molecule has 7 nitrogen and oxygen atoms in total. The number of carbonyl (C=O) groups is 1. The Hall–Kier alpha value is -2.67. The van der Waals surface area contributed by atoms with Gasteiger partial charge in [-0.1, -0.05) is 30.3 Å². The van der Waals surface area contributed by atoms with Gasteiger partial charge in [0.15, 0.2) is 0 Å². The van der Waals surface area contributed by atoms with Crippen molar-refractivity contribution in [1.29, 1.82) is 0 Å². The smallest absolute Gasteiger partial charge is 0.303 e. The summed E-state index contributed by atoms with van der Waals surface area (Å²) in [5.41, 5.74) is 1.15. The Bertz CT molecular complexity index is 720. The average molecular weight is 370 g/mol. The molecule has 2 unspecified atom stereocenters. The molecule has 27 heavy (non-hydrogen) atoms. The molecular formula is C20H26N4O3. The van der Waals surface area contributed by atoms with Crippen molar-refractivity contribution in [2.24, 2.45) is 0 Å². The van der Waals surface area contributed by atoms with Gasteiger partial charge >= 0.3 is 5.97 Å². The average Bonchev–Trinajstić information content (AvgIpc) is 2.68. The lowest BCUT2D eigenvalue weighted by Crippen LogP contribution is -2.30. The highest BCUT2D eigenvalue weighted by Crippen LogP contribution is 2.16. The Labute approximate surface area is 159 Å². The van der Waals surface area contributed by atoms with Gasteiger partial charge in [-0.2, -0.15) is 4.98 Å². The lowest BCUT2D eigenvalue weighted by Gasteiger charge is -2.24. The minimum atomic E-state index is -0.802. The van der Waals surface area contributed by atoms with Gasteiger partial charge in [-0.05, 0) is 37.3 Å². The van der Waals surface area contributed by atoms with E-state index in [-0.39, 0.29) is 18.5 Å². The largest absolute Gasteiger partial charge is 0.481 e. The normalized spacial score (nSPS) is 17.9. The van der Waals surface area contributed by atoms with Crippen molar-refractivity contribution in [1.82, 2.24) is 9.97 Å². The summed E-state index contributed by atoms with van der Waals surface area (Å²) in [7, 11) is 0. The molecule has 0 aliphatic carbocycles. The second-order valence-corrected chi connectivity index (χ2v) is 6.79. The van der Waals surface area contributed by atoms with E-state index in [0.717, 1.165) is 30.8 Å². The van der Waals surface area contributed by atoms with Gasteiger partial charge in [0.25, 0.3) is 0 Å². The Morgan fingerprint density at radius 3 is 2.89 bits per heavy atom. The third-order valence-electron chi connectivity index (χ3n) is 4.53. The van der Waals surface area contributed by atoms with Gasteiger partial charge in [-0.3, -0.25) is 4.79 Å². The third kappa shape index (κ3) is 6.53. The van der Waals surface area contributed by atoms with Crippen molar-refractivity contribution in [3.05, 3.63) is 48.2 Å². The zero-order chi connectivity index (χ0) is 18.9. The minimum Gasteiger partial charge on any atom is -0.481 e. The molecular weight excluding hydrogens is 344 g/mol. The first-order valence-corrected chi connectivity index (χ1v) is 9.38. The van der Waals surface area contributed by atoms with Crippen molar-refractivity contribution in [2.75, 3.05) is 23.8 Å². The fourth-order valence-corrected chi connectivity index (χ4v) is 3.18. The summed E-state index contributed by atoms with van der Waals surface area (Å²) in [4.78, 5) is 19.8. The van der Waals surface area contributed by atoms with Gasteiger partial charge in [-0.25, -0.2) is 4.98 Å². The lowest BCUT2D eigenvalue weighted by molar-refractivity contribution is -0.137. The highest BCUT2D eigenvalue weighted by atomic mass is 16.5. The van der Waals surface area contributed by atoms with Crippen LogP contribution in [0.2, 0.25) is 0 Å². The van der Waals surface area contributed by atoms with Gasteiger partial charge in [0.2, 0.25) is 5.95 Å². The summed E-state index contributed by atoms with van der Waals surface area (Å²) in [5, 5.41) is 15.7. The Morgan fingerprint density at radius 2 is 2.15 bits per heavy atom. The summed E-state index contributed by atoms with van der Waals surface area (Å²) in [5.74, 6) is 0.450. The molecule has 7 heteroatoms. The summed E-state index contributed by atoms with van der Waals surface area (Å²) in [6.45, 7) is 1.50. The molecule has 3 rings (SSSR count). The maximum Gasteiger partial charge on any atom is 0.303 e. The van der Waals surface area contributed by atoms with Crippen molar-refractivity contribution in [3.63, 3.8) is 0 Å². The van der Waals surface area contributed by atoms with Gasteiger partial charge in [0.1, 0.15) is 5.82 Å². The molecule has 1 aromatic carbocycles. The second-order valence-electron chi connectivity index (χ2n) is 6.79. The molecule has 0 saturated carbocycles. The van der Waals surface area contributed by atoms with E-state index in [9.17, 15) is 4.79 Å². The van der Waals surface area contributed by atoms with E-state index in [0.29, 0.717) is 25.4 Å². The predicted octanol–water partition coefficient (Wildman–Crippen LogP) is 2.96. The van der Waals surface area contributed by atoms with Crippen LogP contribution in [0.1, 0.15) is 31.2 Å². The fraction of sp³-hybridized carbons (Fsp3) is 0.450. The summed E-state index contributed by atoms with van der Waals surface area (Å²) in [6.07, 6.45) is 5.12. The van der Waals surface area contributed by atoms with Crippen LogP contribution in [-0.2, 0) is 16.0 Å². The van der Waals surface area contributed by atoms with Crippen LogP contribution in [0.5, 0.6) is 0 Å². The van der Waals surface area contributed by atoms with Gasteiger partial charge < -0.3 is 20.5 Å². The molecule has 0 spiro atoms. The molecule has 144 valence electrons. The Morgan fingerprint density at radius 1 is 1.30 bits per heavy atom. The van der Waals surface area contributed by atoms with E-state index in [2.05, 4.69) is 20.6 Å². The minimum absolute atomic E-state index is 0.0586. The van der Waals surface area contributed by atoms with Crippen LogP contribution in [0.4, 0.5) is 11.8 Å². The van der Waals surface area contributed by atoms with E-state index < -0.39 is 5.97 Å². The number of carboxylic acids is 1. The summed E-state index contributed by atoms with van der Waals surface area (Å²) >= 11 is 0. The molecule has 2 heterocycles. The van der Waals surface area contributed by atoms with Crippen molar-refractivity contribution in [3.8, 4) is 0 Å². The predicted molar refractivity (Wildman–Crippen MR) is 104 cm³/mol.